The summed E-state index contributed by atoms with van der Waals surface area (Å²) in [6.07, 6.45) is 5.90. The smallest absolute Gasteiger partial charge is 0.210 e. The first-order chi connectivity index (χ1) is 8.62. The summed E-state index contributed by atoms with van der Waals surface area (Å²) < 4.78 is 26.7. The summed E-state index contributed by atoms with van der Waals surface area (Å²) in [6.45, 7) is 0.493. The van der Waals surface area contributed by atoms with Gasteiger partial charge in [-0.1, -0.05) is 25.7 Å². The van der Waals surface area contributed by atoms with Gasteiger partial charge in [-0.3, -0.25) is 0 Å². The van der Waals surface area contributed by atoms with Crippen LogP contribution >= 0.6 is 11.3 Å². The number of sulfonamides is 1. The molecule has 1 heterocycles. The number of nitriles is 1. The molecule has 1 aliphatic carbocycles. The summed E-state index contributed by atoms with van der Waals surface area (Å²) in [7, 11) is -3.42. The average molecular weight is 284 g/mol. The first-order valence-corrected chi connectivity index (χ1v) is 8.41. The third-order valence-electron chi connectivity index (χ3n) is 3.28. The van der Waals surface area contributed by atoms with E-state index in [1.54, 1.807) is 0 Å². The molecule has 2 rings (SSSR count). The molecule has 1 N–H and O–H groups in total. The molecule has 0 amide bonds. The highest BCUT2D eigenvalue weighted by Crippen LogP contribution is 2.27. The fraction of sp³-hybridized carbons (Fsp3) is 0.583. The van der Waals surface area contributed by atoms with E-state index in [9.17, 15) is 8.42 Å². The normalized spacial score (nSPS) is 16.8. The zero-order chi connectivity index (χ0) is 13.0. The molecule has 6 heteroatoms. The van der Waals surface area contributed by atoms with Crippen LogP contribution in [0.1, 0.15) is 37.0 Å². The first kappa shape index (κ1) is 13.5. The molecule has 18 heavy (non-hydrogen) atoms. The van der Waals surface area contributed by atoms with Gasteiger partial charge in [-0.05, 0) is 24.5 Å². The number of hydrogen-bond donors (Lipinski definition) is 1. The van der Waals surface area contributed by atoms with E-state index >= 15 is 0 Å². The van der Waals surface area contributed by atoms with Crippen LogP contribution in [0, 0.1) is 17.2 Å². The highest BCUT2D eigenvalue weighted by molar-refractivity contribution is 7.91. The van der Waals surface area contributed by atoms with Crippen molar-refractivity contribution in [2.24, 2.45) is 5.92 Å². The van der Waals surface area contributed by atoms with Crippen LogP contribution in [-0.4, -0.2) is 15.0 Å². The topological polar surface area (TPSA) is 70.0 Å². The quantitative estimate of drug-likeness (QED) is 0.903. The molecule has 1 saturated carbocycles. The molecule has 0 aliphatic heterocycles. The summed E-state index contributed by atoms with van der Waals surface area (Å²) in [6, 6.07) is 4.97. The molecule has 1 fully saturated rings. The van der Waals surface area contributed by atoms with Crippen molar-refractivity contribution < 1.29 is 8.42 Å². The number of hydrogen-bond acceptors (Lipinski definition) is 4. The van der Waals surface area contributed by atoms with Gasteiger partial charge in [0.2, 0.25) is 10.0 Å². The predicted octanol–water partition coefficient (Wildman–Crippen LogP) is 2.48. The highest BCUT2D eigenvalue weighted by Gasteiger charge is 2.19. The van der Waals surface area contributed by atoms with Crippen LogP contribution in [0.4, 0.5) is 0 Å². The second kappa shape index (κ2) is 5.83. The van der Waals surface area contributed by atoms with Gasteiger partial charge >= 0.3 is 0 Å². The summed E-state index contributed by atoms with van der Waals surface area (Å²) >= 11 is 1.01. The van der Waals surface area contributed by atoms with Crippen molar-refractivity contribution in [1.29, 1.82) is 5.26 Å². The predicted molar refractivity (Wildman–Crippen MR) is 70.8 cm³/mol. The lowest BCUT2D eigenvalue weighted by atomic mass is 10.1. The Kier molecular flexibility index (Phi) is 4.38. The molecule has 0 spiro atoms. The molecule has 98 valence electrons. The van der Waals surface area contributed by atoms with Gasteiger partial charge in [0.25, 0.3) is 0 Å². The third kappa shape index (κ3) is 3.31. The van der Waals surface area contributed by atoms with Gasteiger partial charge in [0.15, 0.2) is 0 Å². The van der Waals surface area contributed by atoms with Crippen LogP contribution in [0.2, 0.25) is 0 Å². The fourth-order valence-electron chi connectivity index (χ4n) is 2.29. The van der Waals surface area contributed by atoms with Crippen LogP contribution in [0.25, 0.3) is 0 Å². The Morgan fingerprint density at radius 2 is 2.11 bits per heavy atom. The van der Waals surface area contributed by atoms with Crippen molar-refractivity contribution in [3.05, 3.63) is 17.0 Å². The van der Waals surface area contributed by atoms with E-state index in [0.29, 0.717) is 17.3 Å². The second-order valence-corrected chi connectivity index (χ2v) is 7.64. The molecule has 0 aromatic carbocycles. The Morgan fingerprint density at radius 1 is 1.39 bits per heavy atom. The van der Waals surface area contributed by atoms with Crippen LogP contribution < -0.4 is 4.72 Å². The van der Waals surface area contributed by atoms with Crippen molar-refractivity contribution in [3.63, 3.8) is 0 Å². The second-order valence-electron chi connectivity index (χ2n) is 4.57. The molecule has 0 atom stereocenters. The Balaban J connectivity index is 1.89. The maximum atomic E-state index is 11.9. The summed E-state index contributed by atoms with van der Waals surface area (Å²) in [5.74, 6) is 0.672. The number of thiophene rings is 1. The van der Waals surface area contributed by atoms with Gasteiger partial charge < -0.3 is 0 Å². The largest absolute Gasteiger partial charge is 0.250 e. The summed E-state index contributed by atoms with van der Waals surface area (Å²) in [4.78, 5) is 0.422. The molecule has 0 saturated heterocycles. The molecule has 1 aromatic rings. The van der Waals surface area contributed by atoms with Crippen molar-refractivity contribution in [1.82, 2.24) is 4.72 Å². The monoisotopic (exact) mass is 284 g/mol. The Hall–Kier alpha value is -0.900. The Labute approximate surface area is 112 Å². The maximum Gasteiger partial charge on any atom is 0.250 e. The molecule has 0 radical (unpaired) electrons. The lowest BCUT2D eigenvalue weighted by molar-refractivity contribution is 0.496. The zero-order valence-electron chi connectivity index (χ0n) is 10.1. The average Bonchev–Trinajstić information content (AvgIpc) is 2.99. The van der Waals surface area contributed by atoms with E-state index in [0.717, 1.165) is 17.8 Å². The Morgan fingerprint density at radius 3 is 2.72 bits per heavy atom. The molecule has 4 nitrogen and oxygen atoms in total. The molecule has 0 unspecified atom stereocenters. The maximum absolute atomic E-state index is 11.9. The van der Waals surface area contributed by atoms with Gasteiger partial charge in [0.1, 0.15) is 15.2 Å². The summed E-state index contributed by atoms with van der Waals surface area (Å²) in [5, 5.41) is 8.68. The first-order valence-electron chi connectivity index (χ1n) is 6.11. The van der Waals surface area contributed by atoms with E-state index in [4.69, 9.17) is 5.26 Å². The van der Waals surface area contributed by atoms with Crippen LogP contribution in [0.3, 0.4) is 0 Å². The van der Waals surface area contributed by atoms with E-state index < -0.39 is 10.0 Å². The van der Waals surface area contributed by atoms with Gasteiger partial charge in [-0.25, -0.2) is 13.1 Å². The lowest BCUT2D eigenvalue weighted by Crippen LogP contribution is -2.25. The van der Waals surface area contributed by atoms with Gasteiger partial charge in [0, 0.05) is 6.54 Å². The minimum atomic E-state index is -3.42. The van der Waals surface area contributed by atoms with E-state index in [-0.39, 0.29) is 4.21 Å². The highest BCUT2D eigenvalue weighted by atomic mass is 32.2. The van der Waals surface area contributed by atoms with Crippen LogP contribution in [-0.2, 0) is 10.0 Å². The third-order valence-corrected chi connectivity index (χ3v) is 6.22. The number of nitrogens with zero attached hydrogens (tertiary/aromatic N) is 1. The number of rotatable bonds is 5. The Bertz CT molecular complexity index is 537. The molecular formula is C12H16N2O2S2. The summed E-state index contributed by atoms with van der Waals surface area (Å²) in [5.41, 5.74) is 0. The lowest BCUT2D eigenvalue weighted by Gasteiger charge is -2.09. The van der Waals surface area contributed by atoms with Crippen molar-refractivity contribution in [2.75, 3.05) is 6.54 Å². The van der Waals surface area contributed by atoms with Crippen LogP contribution in [0.5, 0.6) is 0 Å². The molecule has 1 aliphatic rings. The van der Waals surface area contributed by atoms with Crippen LogP contribution in [0.15, 0.2) is 16.3 Å². The number of nitrogens with one attached hydrogen (secondary N) is 1. The van der Waals surface area contributed by atoms with Crippen molar-refractivity contribution in [3.8, 4) is 6.07 Å². The van der Waals surface area contributed by atoms with Gasteiger partial charge in [0.05, 0.1) is 0 Å². The van der Waals surface area contributed by atoms with E-state index in [1.165, 1.54) is 37.8 Å². The van der Waals surface area contributed by atoms with E-state index in [2.05, 4.69) is 4.72 Å². The minimum absolute atomic E-state index is 0.227. The zero-order valence-corrected chi connectivity index (χ0v) is 11.7. The van der Waals surface area contributed by atoms with Gasteiger partial charge in [-0.2, -0.15) is 5.26 Å². The van der Waals surface area contributed by atoms with Crippen molar-refractivity contribution in [2.45, 2.75) is 36.3 Å². The SMILES string of the molecule is N#Cc1ccc(S(=O)(=O)NCCC2CCCC2)s1. The van der Waals surface area contributed by atoms with Gasteiger partial charge in [-0.15, -0.1) is 11.3 Å². The van der Waals surface area contributed by atoms with Crippen molar-refractivity contribution >= 4 is 21.4 Å². The minimum Gasteiger partial charge on any atom is -0.210 e. The standard InChI is InChI=1S/C12H16N2O2S2/c13-9-11-5-6-12(17-11)18(15,16)14-8-7-10-3-1-2-4-10/h5-6,10,14H,1-4,7-8H2. The molecule has 0 bridgehead atoms. The molecule has 1 aromatic heterocycles. The van der Waals surface area contributed by atoms with E-state index in [1.807, 2.05) is 6.07 Å². The fourth-order valence-corrected chi connectivity index (χ4v) is 4.49. The molecular weight excluding hydrogens is 268 g/mol.